The molecule has 0 spiro atoms. The molecule has 1 aromatic heterocycles. The van der Waals surface area contributed by atoms with Gasteiger partial charge in [-0.15, -0.1) is 0 Å². The number of aromatic nitrogens is 2. The van der Waals surface area contributed by atoms with Gasteiger partial charge < -0.3 is 10.3 Å². The van der Waals surface area contributed by atoms with Crippen LogP contribution in [-0.2, 0) is 0 Å². The third-order valence-electron chi connectivity index (χ3n) is 3.08. The Morgan fingerprint density at radius 1 is 1.53 bits per heavy atom. The van der Waals surface area contributed by atoms with Crippen LogP contribution >= 0.6 is 15.9 Å². The summed E-state index contributed by atoms with van der Waals surface area (Å²) in [5.74, 6) is 0.700. The van der Waals surface area contributed by atoms with Crippen molar-refractivity contribution in [3.05, 3.63) is 52.0 Å². The summed E-state index contributed by atoms with van der Waals surface area (Å²) in [5, 5.41) is 3.00. The van der Waals surface area contributed by atoms with Crippen molar-refractivity contribution in [2.75, 3.05) is 0 Å². The van der Waals surface area contributed by atoms with Crippen molar-refractivity contribution in [3.63, 3.8) is 0 Å². The van der Waals surface area contributed by atoms with Crippen molar-refractivity contribution in [2.45, 2.75) is 26.3 Å². The number of H-pyrrole nitrogens is 1. The minimum atomic E-state index is -0.0964. The summed E-state index contributed by atoms with van der Waals surface area (Å²) < 4.78 is 0.936. The van der Waals surface area contributed by atoms with Crippen molar-refractivity contribution in [2.24, 2.45) is 0 Å². The van der Waals surface area contributed by atoms with Crippen molar-refractivity contribution in [1.82, 2.24) is 15.3 Å². The van der Waals surface area contributed by atoms with Crippen LogP contribution in [0.3, 0.4) is 0 Å². The topological polar surface area (TPSA) is 57.8 Å². The SMILES string of the molecule is CCC(NC(=O)c1cccc(Br)c1C)c1ncc[nH]1. The first-order valence-corrected chi connectivity index (χ1v) is 6.98. The van der Waals surface area contributed by atoms with Crippen molar-refractivity contribution in [3.8, 4) is 0 Å². The molecule has 0 bridgehead atoms. The van der Waals surface area contributed by atoms with Crippen LogP contribution in [0, 0.1) is 6.92 Å². The number of imidazole rings is 1. The Labute approximate surface area is 120 Å². The van der Waals surface area contributed by atoms with Gasteiger partial charge in [0.05, 0.1) is 6.04 Å². The molecular weight excluding hydrogens is 306 g/mol. The molecular formula is C14H16BrN3O. The van der Waals surface area contributed by atoms with Crippen LogP contribution in [0.4, 0.5) is 0 Å². The number of hydrogen-bond acceptors (Lipinski definition) is 2. The molecule has 1 atom stereocenters. The number of rotatable bonds is 4. The molecule has 0 aliphatic heterocycles. The van der Waals surface area contributed by atoms with E-state index in [0.29, 0.717) is 5.56 Å². The molecule has 4 nitrogen and oxygen atoms in total. The maximum Gasteiger partial charge on any atom is 0.252 e. The van der Waals surface area contributed by atoms with Gasteiger partial charge >= 0.3 is 0 Å². The van der Waals surface area contributed by atoms with Crippen LogP contribution in [0.25, 0.3) is 0 Å². The first kappa shape index (κ1) is 13.8. The zero-order valence-corrected chi connectivity index (χ0v) is 12.5. The first-order chi connectivity index (χ1) is 9.13. The molecule has 0 saturated carbocycles. The van der Waals surface area contributed by atoms with E-state index in [1.165, 1.54) is 0 Å². The summed E-state index contributed by atoms with van der Waals surface area (Å²) in [4.78, 5) is 19.5. The quantitative estimate of drug-likeness (QED) is 0.907. The predicted octanol–water partition coefficient (Wildman–Crippen LogP) is 3.36. The predicted molar refractivity (Wildman–Crippen MR) is 78.0 cm³/mol. The fourth-order valence-corrected chi connectivity index (χ4v) is 2.29. The number of amides is 1. The van der Waals surface area contributed by atoms with Crippen LogP contribution in [0.15, 0.2) is 35.1 Å². The van der Waals surface area contributed by atoms with Crippen molar-refractivity contribution >= 4 is 21.8 Å². The molecule has 0 radical (unpaired) electrons. The number of halogens is 1. The number of hydrogen-bond donors (Lipinski definition) is 2. The molecule has 19 heavy (non-hydrogen) atoms. The summed E-state index contributed by atoms with van der Waals surface area (Å²) >= 11 is 3.44. The van der Waals surface area contributed by atoms with E-state index in [1.807, 2.05) is 32.0 Å². The van der Waals surface area contributed by atoms with E-state index in [0.717, 1.165) is 22.3 Å². The van der Waals surface area contributed by atoms with E-state index in [2.05, 4.69) is 31.2 Å². The monoisotopic (exact) mass is 321 g/mol. The molecule has 0 fully saturated rings. The van der Waals surface area contributed by atoms with Gasteiger partial charge in [-0.3, -0.25) is 4.79 Å². The molecule has 0 aliphatic carbocycles. The number of nitrogens with one attached hydrogen (secondary N) is 2. The van der Waals surface area contributed by atoms with Crippen LogP contribution in [-0.4, -0.2) is 15.9 Å². The van der Waals surface area contributed by atoms with Gasteiger partial charge in [-0.2, -0.15) is 0 Å². The number of nitrogens with zero attached hydrogens (tertiary/aromatic N) is 1. The van der Waals surface area contributed by atoms with Gasteiger partial charge in [-0.25, -0.2) is 4.98 Å². The molecule has 100 valence electrons. The molecule has 0 aliphatic rings. The lowest BCUT2D eigenvalue weighted by Crippen LogP contribution is -2.29. The molecule has 1 amide bonds. The zero-order chi connectivity index (χ0) is 13.8. The fourth-order valence-electron chi connectivity index (χ4n) is 1.92. The van der Waals surface area contributed by atoms with E-state index in [9.17, 15) is 4.79 Å². The summed E-state index contributed by atoms with van der Waals surface area (Å²) in [6.07, 6.45) is 4.23. The van der Waals surface area contributed by atoms with Gasteiger partial charge in [0.15, 0.2) is 0 Å². The van der Waals surface area contributed by atoms with E-state index >= 15 is 0 Å². The second kappa shape index (κ2) is 6.02. The Morgan fingerprint density at radius 2 is 2.32 bits per heavy atom. The van der Waals surface area contributed by atoms with Gasteiger partial charge in [0, 0.05) is 22.4 Å². The Kier molecular flexibility index (Phi) is 4.37. The number of carbonyl (C=O) groups is 1. The highest BCUT2D eigenvalue weighted by atomic mass is 79.9. The third-order valence-corrected chi connectivity index (χ3v) is 3.93. The average Bonchev–Trinajstić information content (AvgIpc) is 2.92. The molecule has 1 unspecified atom stereocenters. The number of benzene rings is 1. The highest BCUT2D eigenvalue weighted by Crippen LogP contribution is 2.20. The third kappa shape index (κ3) is 3.04. The lowest BCUT2D eigenvalue weighted by molar-refractivity contribution is 0.0933. The largest absolute Gasteiger partial charge is 0.347 e. The Bertz CT molecular complexity index is 566. The van der Waals surface area contributed by atoms with E-state index < -0.39 is 0 Å². The second-order valence-corrected chi connectivity index (χ2v) is 5.18. The van der Waals surface area contributed by atoms with Crippen LogP contribution in [0.5, 0.6) is 0 Å². The Hall–Kier alpha value is -1.62. The van der Waals surface area contributed by atoms with Gasteiger partial charge in [0.25, 0.3) is 5.91 Å². The minimum Gasteiger partial charge on any atom is -0.347 e. The molecule has 1 heterocycles. The van der Waals surface area contributed by atoms with E-state index in [-0.39, 0.29) is 11.9 Å². The molecule has 2 aromatic rings. The Balaban J connectivity index is 2.18. The maximum absolute atomic E-state index is 12.3. The lowest BCUT2D eigenvalue weighted by atomic mass is 10.1. The second-order valence-electron chi connectivity index (χ2n) is 4.32. The summed E-state index contributed by atoms with van der Waals surface area (Å²) in [6, 6.07) is 5.51. The number of aromatic amines is 1. The van der Waals surface area contributed by atoms with Crippen molar-refractivity contribution < 1.29 is 4.79 Å². The smallest absolute Gasteiger partial charge is 0.252 e. The maximum atomic E-state index is 12.3. The van der Waals surface area contributed by atoms with Gasteiger partial charge in [0.2, 0.25) is 0 Å². The van der Waals surface area contributed by atoms with E-state index in [4.69, 9.17) is 0 Å². The number of carbonyl (C=O) groups excluding carboxylic acids is 1. The molecule has 2 rings (SSSR count). The normalized spacial score (nSPS) is 12.2. The van der Waals surface area contributed by atoms with Gasteiger partial charge in [-0.1, -0.05) is 28.9 Å². The fraction of sp³-hybridized carbons (Fsp3) is 0.286. The lowest BCUT2D eigenvalue weighted by Gasteiger charge is -2.16. The molecule has 2 N–H and O–H groups in total. The summed E-state index contributed by atoms with van der Waals surface area (Å²) in [7, 11) is 0. The minimum absolute atomic E-state index is 0.0814. The van der Waals surface area contributed by atoms with Crippen LogP contribution in [0.2, 0.25) is 0 Å². The average molecular weight is 322 g/mol. The first-order valence-electron chi connectivity index (χ1n) is 6.18. The van der Waals surface area contributed by atoms with E-state index in [1.54, 1.807) is 12.4 Å². The summed E-state index contributed by atoms with van der Waals surface area (Å²) in [5.41, 5.74) is 1.62. The Morgan fingerprint density at radius 3 is 2.95 bits per heavy atom. The van der Waals surface area contributed by atoms with Gasteiger partial charge in [0.1, 0.15) is 5.82 Å². The molecule has 1 aromatic carbocycles. The van der Waals surface area contributed by atoms with Gasteiger partial charge in [-0.05, 0) is 31.0 Å². The molecule has 0 saturated heterocycles. The standard InChI is InChI=1S/C14H16BrN3O/c1-3-12(13-16-7-8-17-13)18-14(19)10-5-4-6-11(15)9(10)2/h4-8,12H,3H2,1-2H3,(H,16,17)(H,18,19). The highest BCUT2D eigenvalue weighted by molar-refractivity contribution is 9.10. The van der Waals surface area contributed by atoms with Crippen LogP contribution in [0.1, 0.15) is 41.1 Å². The zero-order valence-electron chi connectivity index (χ0n) is 10.9. The summed E-state index contributed by atoms with van der Waals surface area (Å²) in [6.45, 7) is 3.94. The molecule has 5 heteroatoms. The highest BCUT2D eigenvalue weighted by Gasteiger charge is 2.17. The van der Waals surface area contributed by atoms with Crippen molar-refractivity contribution in [1.29, 1.82) is 0 Å². The van der Waals surface area contributed by atoms with Crippen LogP contribution < -0.4 is 5.32 Å².